The third-order valence-electron chi connectivity index (χ3n) is 4.02. The van der Waals surface area contributed by atoms with Crippen LogP contribution in [0.2, 0.25) is 0 Å². The molecular formula is C15H28O4. The maximum Gasteiger partial charge on any atom is 0.234 e. The Labute approximate surface area is 116 Å². The highest BCUT2D eigenvalue weighted by Crippen LogP contribution is 2.36. The zero-order chi connectivity index (χ0) is 13.4. The van der Waals surface area contributed by atoms with Gasteiger partial charge in [0.15, 0.2) is 0 Å². The van der Waals surface area contributed by atoms with E-state index >= 15 is 0 Å². The van der Waals surface area contributed by atoms with E-state index in [1.165, 1.54) is 38.5 Å². The van der Waals surface area contributed by atoms with Gasteiger partial charge in [0.25, 0.3) is 0 Å². The van der Waals surface area contributed by atoms with E-state index in [0.29, 0.717) is 0 Å². The summed E-state index contributed by atoms with van der Waals surface area (Å²) in [5, 5.41) is 0. The van der Waals surface area contributed by atoms with Gasteiger partial charge in [0.2, 0.25) is 12.1 Å². The second kappa shape index (κ2) is 8.20. The van der Waals surface area contributed by atoms with Crippen molar-refractivity contribution in [1.82, 2.24) is 0 Å². The lowest BCUT2D eigenvalue weighted by molar-refractivity contribution is -0.629. The van der Waals surface area contributed by atoms with Crippen molar-refractivity contribution in [2.24, 2.45) is 0 Å². The Morgan fingerprint density at radius 1 is 0.842 bits per heavy atom. The number of hydrogen-bond acceptors (Lipinski definition) is 4. The highest BCUT2D eigenvalue weighted by molar-refractivity contribution is 4.73. The molecule has 4 nitrogen and oxygen atoms in total. The number of hydrogen-bond donors (Lipinski definition) is 0. The van der Waals surface area contributed by atoms with Crippen LogP contribution in [0.1, 0.15) is 84.0 Å². The molecule has 1 aliphatic carbocycles. The SMILES string of the molecule is CCCCCCCCC1OOC2(CCCCC2)OO1. The Hall–Kier alpha value is -0.160. The zero-order valence-electron chi connectivity index (χ0n) is 12.2. The summed E-state index contributed by atoms with van der Waals surface area (Å²) in [5.41, 5.74) is 0. The van der Waals surface area contributed by atoms with E-state index in [1.807, 2.05) is 0 Å². The Morgan fingerprint density at radius 2 is 1.47 bits per heavy atom. The largest absolute Gasteiger partial charge is 0.234 e. The van der Waals surface area contributed by atoms with Crippen molar-refractivity contribution in [3.63, 3.8) is 0 Å². The molecule has 0 amide bonds. The molecule has 2 rings (SSSR count). The summed E-state index contributed by atoms with van der Waals surface area (Å²) in [6, 6.07) is 0. The van der Waals surface area contributed by atoms with E-state index in [9.17, 15) is 0 Å². The van der Waals surface area contributed by atoms with E-state index in [4.69, 9.17) is 19.6 Å². The second-order valence-electron chi connectivity index (χ2n) is 5.82. The molecule has 1 spiro atoms. The van der Waals surface area contributed by atoms with E-state index in [2.05, 4.69) is 6.92 Å². The molecule has 0 radical (unpaired) electrons. The van der Waals surface area contributed by atoms with E-state index in [-0.39, 0.29) is 6.29 Å². The normalized spacial score (nSPS) is 23.8. The van der Waals surface area contributed by atoms with Crippen LogP contribution in [0.25, 0.3) is 0 Å². The first-order valence-electron chi connectivity index (χ1n) is 8.04. The van der Waals surface area contributed by atoms with Gasteiger partial charge in [-0.25, -0.2) is 0 Å². The third kappa shape index (κ3) is 5.03. The molecule has 1 aliphatic heterocycles. The van der Waals surface area contributed by atoms with Crippen LogP contribution < -0.4 is 0 Å². The molecule has 19 heavy (non-hydrogen) atoms. The molecule has 112 valence electrons. The summed E-state index contributed by atoms with van der Waals surface area (Å²) in [6.45, 7) is 2.24. The molecule has 2 aliphatic rings. The van der Waals surface area contributed by atoms with Crippen molar-refractivity contribution in [3.05, 3.63) is 0 Å². The van der Waals surface area contributed by atoms with Crippen LogP contribution in [0, 0.1) is 0 Å². The van der Waals surface area contributed by atoms with Crippen molar-refractivity contribution >= 4 is 0 Å². The van der Waals surface area contributed by atoms with Crippen molar-refractivity contribution in [1.29, 1.82) is 0 Å². The lowest BCUT2D eigenvalue weighted by atomic mass is 9.94. The van der Waals surface area contributed by atoms with E-state index < -0.39 is 5.79 Å². The van der Waals surface area contributed by atoms with Gasteiger partial charge in [0.05, 0.1) is 0 Å². The standard InChI is InChI=1S/C15H28O4/c1-2-3-4-5-6-8-11-14-16-18-15(19-17-14)12-9-7-10-13-15/h14H,2-13H2,1H3. The first-order valence-corrected chi connectivity index (χ1v) is 8.04. The van der Waals surface area contributed by atoms with E-state index in [1.54, 1.807) is 0 Å². The fourth-order valence-corrected chi connectivity index (χ4v) is 2.76. The van der Waals surface area contributed by atoms with Crippen molar-refractivity contribution in [2.45, 2.75) is 96.1 Å². The molecule has 0 atom stereocenters. The molecular weight excluding hydrogens is 244 g/mol. The highest BCUT2D eigenvalue weighted by atomic mass is 17.4. The highest BCUT2D eigenvalue weighted by Gasteiger charge is 2.42. The topological polar surface area (TPSA) is 36.9 Å². The molecule has 0 aromatic rings. The van der Waals surface area contributed by atoms with Gasteiger partial charge < -0.3 is 0 Å². The second-order valence-corrected chi connectivity index (χ2v) is 5.82. The summed E-state index contributed by atoms with van der Waals surface area (Å²) in [6.07, 6.45) is 13.3. The summed E-state index contributed by atoms with van der Waals surface area (Å²) in [7, 11) is 0. The predicted molar refractivity (Wildman–Crippen MR) is 71.9 cm³/mol. The van der Waals surface area contributed by atoms with Crippen LogP contribution in [-0.2, 0) is 19.6 Å². The average Bonchev–Trinajstić information content (AvgIpc) is 2.46. The molecule has 0 unspecified atom stereocenters. The molecule has 2 fully saturated rings. The van der Waals surface area contributed by atoms with Crippen LogP contribution in [-0.4, -0.2) is 12.1 Å². The minimum absolute atomic E-state index is 0.348. The van der Waals surface area contributed by atoms with Gasteiger partial charge in [-0.15, -0.1) is 0 Å². The van der Waals surface area contributed by atoms with Crippen LogP contribution in [0.15, 0.2) is 0 Å². The van der Waals surface area contributed by atoms with Gasteiger partial charge in [-0.1, -0.05) is 45.4 Å². The smallest absolute Gasteiger partial charge is 0.198 e. The molecule has 1 saturated carbocycles. The molecule has 1 saturated heterocycles. The van der Waals surface area contributed by atoms with Crippen molar-refractivity contribution in [3.8, 4) is 0 Å². The average molecular weight is 272 g/mol. The summed E-state index contributed by atoms with van der Waals surface area (Å²) in [4.78, 5) is 21.6. The fraction of sp³-hybridized carbons (Fsp3) is 1.00. The predicted octanol–water partition coefficient (Wildman–Crippen LogP) is 4.63. The zero-order valence-corrected chi connectivity index (χ0v) is 12.2. The Balaban J connectivity index is 1.53. The Kier molecular flexibility index (Phi) is 6.57. The number of rotatable bonds is 7. The summed E-state index contributed by atoms with van der Waals surface area (Å²) in [5.74, 6) is -0.615. The van der Waals surface area contributed by atoms with Gasteiger partial charge in [0, 0.05) is 19.3 Å². The first kappa shape index (κ1) is 15.2. The monoisotopic (exact) mass is 272 g/mol. The third-order valence-corrected chi connectivity index (χ3v) is 4.02. The fourth-order valence-electron chi connectivity index (χ4n) is 2.76. The van der Waals surface area contributed by atoms with E-state index in [0.717, 1.165) is 38.5 Å². The van der Waals surface area contributed by atoms with Crippen molar-refractivity contribution in [2.75, 3.05) is 0 Å². The lowest BCUT2D eigenvalue weighted by Crippen LogP contribution is -2.45. The Bertz CT molecular complexity index is 228. The van der Waals surface area contributed by atoms with Gasteiger partial charge >= 0.3 is 0 Å². The van der Waals surface area contributed by atoms with Gasteiger partial charge in [-0.2, -0.15) is 19.6 Å². The van der Waals surface area contributed by atoms with Gasteiger partial charge in [-0.05, 0) is 19.3 Å². The van der Waals surface area contributed by atoms with Crippen LogP contribution in [0.3, 0.4) is 0 Å². The molecule has 1 heterocycles. The lowest BCUT2D eigenvalue weighted by Gasteiger charge is -2.39. The minimum Gasteiger partial charge on any atom is -0.198 e. The van der Waals surface area contributed by atoms with Crippen LogP contribution in [0.5, 0.6) is 0 Å². The molecule has 0 aromatic carbocycles. The van der Waals surface area contributed by atoms with Crippen LogP contribution >= 0.6 is 0 Å². The molecule has 0 N–H and O–H groups in total. The Morgan fingerprint density at radius 3 is 2.16 bits per heavy atom. The molecule has 4 heteroatoms. The summed E-state index contributed by atoms with van der Waals surface area (Å²) < 4.78 is 0. The number of unbranched alkanes of at least 4 members (excludes halogenated alkanes) is 5. The summed E-state index contributed by atoms with van der Waals surface area (Å²) >= 11 is 0. The van der Waals surface area contributed by atoms with Gasteiger partial charge in [0.1, 0.15) is 0 Å². The first-order chi connectivity index (χ1) is 9.35. The van der Waals surface area contributed by atoms with Crippen LogP contribution in [0.4, 0.5) is 0 Å². The van der Waals surface area contributed by atoms with Gasteiger partial charge in [-0.3, -0.25) is 0 Å². The molecule has 0 bridgehead atoms. The maximum absolute atomic E-state index is 5.47. The molecule has 0 aromatic heterocycles. The quantitative estimate of drug-likeness (QED) is 0.500. The van der Waals surface area contributed by atoms with Crippen molar-refractivity contribution < 1.29 is 19.6 Å². The minimum atomic E-state index is -0.615. The maximum atomic E-state index is 5.47.